The zero-order valence-electron chi connectivity index (χ0n) is 9.88. The van der Waals surface area contributed by atoms with Gasteiger partial charge in [0.15, 0.2) is 0 Å². The molecule has 0 aliphatic carbocycles. The summed E-state index contributed by atoms with van der Waals surface area (Å²) in [5, 5.41) is 10.1. The molecule has 2 nitrogen and oxygen atoms in total. The van der Waals surface area contributed by atoms with Crippen LogP contribution in [0.4, 0.5) is 13.2 Å². The quantitative estimate of drug-likeness (QED) is 0.877. The number of alkyl halides is 3. The highest BCUT2D eigenvalue weighted by Crippen LogP contribution is 2.37. The van der Waals surface area contributed by atoms with Crippen molar-refractivity contribution >= 4 is 15.9 Å². The molecule has 0 saturated carbocycles. The smallest absolute Gasteiger partial charge is 0.417 e. The van der Waals surface area contributed by atoms with E-state index in [2.05, 4.69) is 15.9 Å². The van der Waals surface area contributed by atoms with Crippen molar-refractivity contribution in [3.05, 3.63) is 45.6 Å². The van der Waals surface area contributed by atoms with E-state index in [0.717, 1.165) is 12.5 Å². The molecule has 19 heavy (non-hydrogen) atoms. The molecular weight excluding hydrogens is 325 g/mol. The van der Waals surface area contributed by atoms with E-state index in [9.17, 15) is 18.3 Å². The molecule has 0 fully saturated rings. The number of benzene rings is 1. The summed E-state index contributed by atoms with van der Waals surface area (Å²) in [5.41, 5.74) is 0.0235. The number of hydrogen-bond donors (Lipinski definition) is 1. The highest BCUT2D eigenvalue weighted by atomic mass is 79.9. The summed E-state index contributed by atoms with van der Waals surface area (Å²) in [6.45, 7) is 0.574. The van der Waals surface area contributed by atoms with Crippen LogP contribution in [0.1, 0.15) is 30.1 Å². The molecule has 1 aliphatic heterocycles. The average molecular weight is 337 g/mol. The van der Waals surface area contributed by atoms with Gasteiger partial charge in [-0.3, -0.25) is 0 Å². The Kier molecular flexibility index (Phi) is 4.20. The van der Waals surface area contributed by atoms with Gasteiger partial charge in [0.1, 0.15) is 6.10 Å². The van der Waals surface area contributed by atoms with E-state index in [1.807, 2.05) is 0 Å². The molecule has 1 atom stereocenters. The van der Waals surface area contributed by atoms with Gasteiger partial charge in [0, 0.05) is 4.47 Å². The van der Waals surface area contributed by atoms with Crippen molar-refractivity contribution in [3.63, 3.8) is 0 Å². The third-order valence-electron chi connectivity index (χ3n) is 2.93. The topological polar surface area (TPSA) is 29.5 Å². The van der Waals surface area contributed by atoms with Crippen molar-refractivity contribution in [2.45, 2.75) is 25.1 Å². The predicted molar refractivity (Wildman–Crippen MR) is 67.4 cm³/mol. The fourth-order valence-corrected chi connectivity index (χ4v) is 2.40. The SMILES string of the molecule is OC(C1=COCCC1)c1ccc(Br)c(C(F)(F)F)c1. The van der Waals surface area contributed by atoms with Crippen molar-refractivity contribution in [1.82, 2.24) is 0 Å². The van der Waals surface area contributed by atoms with Crippen molar-refractivity contribution in [3.8, 4) is 0 Å². The fraction of sp³-hybridized carbons (Fsp3) is 0.385. The van der Waals surface area contributed by atoms with Gasteiger partial charge in [-0.15, -0.1) is 0 Å². The highest BCUT2D eigenvalue weighted by molar-refractivity contribution is 9.10. The molecule has 0 amide bonds. The summed E-state index contributed by atoms with van der Waals surface area (Å²) >= 11 is 2.87. The second-order valence-corrected chi connectivity index (χ2v) is 5.16. The van der Waals surface area contributed by atoms with Crippen LogP contribution in [0.2, 0.25) is 0 Å². The maximum Gasteiger partial charge on any atom is 0.417 e. The molecule has 0 aromatic heterocycles. The lowest BCUT2D eigenvalue weighted by Crippen LogP contribution is -2.11. The Balaban J connectivity index is 2.33. The molecule has 1 aromatic rings. The number of aliphatic hydroxyl groups excluding tert-OH is 1. The Morgan fingerprint density at radius 3 is 2.63 bits per heavy atom. The lowest BCUT2D eigenvalue weighted by atomic mass is 9.96. The number of rotatable bonds is 2. The molecular formula is C13H12BrF3O2. The number of hydrogen-bond acceptors (Lipinski definition) is 2. The Hall–Kier alpha value is -1.01. The third-order valence-corrected chi connectivity index (χ3v) is 3.62. The molecule has 0 bridgehead atoms. The Morgan fingerprint density at radius 2 is 2.05 bits per heavy atom. The van der Waals surface area contributed by atoms with Crippen LogP contribution in [-0.4, -0.2) is 11.7 Å². The molecule has 0 saturated heterocycles. The maximum atomic E-state index is 12.8. The van der Waals surface area contributed by atoms with Crippen molar-refractivity contribution in [2.24, 2.45) is 0 Å². The number of halogens is 4. The molecule has 6 heteroatoms. The molecule has 1 heterocycles. The highest BCUT2D eigenvalue weighted by Gasteiger charge is 2.33. The van der Waals surface area contributed by atoms with Gasteiger partial charge in [0.2, 0.25) is 0 Å². The minimum atomic E-state index is -4.45. The second-order valence-electron chi connectivity index (χ2n) is 4.31. The minimum absolute atomic E-state index is 0.0372. The van der Waals surface area contributed by atoms with Gasteiger partial charge >= 0.3 is 6.18 Å². The van der Waals surface area contributed by atoms with Crippen LogP contribution in [0.15, 0.2) is 34.5 Å². The zero-order valence-corrected chi connectivity index (χ0v) is 11.5. The van der Waals surface area contributed by atoms with Crippen LogP contribution in [0.5, 0.6) is 0 Å². The largest absolute Gasteiger partial charge is 0.501 e. The van der Waals surface area contributed by atoms with E-state index in [4.69, 9.17) is 4.74 Å². The molecule has 1 N–H and O–H groups in total. The standard InChI is InChI=1S/C13H12BrF3O2/c14-11-4-3-8(6-10(11)13(15,16)17)12(18)9-2-1-5-19-7-9/h3-4,6-7,12,18H,1-2,5H2. The Labute approximate surface area is 117 Å². The Bertz CT molecular complexity index is 497. The average Bonchev–Trinajstić information content (AvgIpc) is 2.38. The van der Waals surface area contributed by atoms with Crippen molar-refractivity contribution < 1.29 is 23.0 Å². The summed E-state index contributed by atoms with van der Waals surface area (Å²) < 4.78 is 43.4. The van der Waals surface area contributed by atoms with E-state index in [0.29, 0.717) is 18.6 Å². The molecule has 1 aromatic carbocycles. The first-order chi connectivity index (χ1) is 8.89. The lowest BCUT2D eigenvalue weighted by Gasteiger charge is -2.20. The normalized spacial score (nSPS) is 17.6. The third kappa shape index (κ3) is 3.30. The second kappa shape index (κ2) is 5.54. The van der Waals surface area contributed by atoms with Crippen LogP contribution < -0.4 is 0 Å². The van der Waals surface area contributed by atoms with E-state index in [-0.39, 0.29) is 10.0 Å². The molecule has 1 unspecified atom stereocenters. The summed E-state index contributed by atoms with van der Waals surface area (Å²) in [5.74, 6) is 0. The predicted octanol–water partition coefficient (Wildman–Crippen LogP) is 4.20. The first-order valence-corrected chi connectivity index (χ1v) is 6.54. The van der Waals surface area contributed by atoms with Gasteiger partial charge in [-0.1, -0.05) is 22.0 Å². The lowest BCUT2D eigenvalue weighted by molar-refractivity contribution is -0.138. The van der Waals surface area contributed by atoms with Crippen LogP contribution >= 0.6 is 15.9 Å². The van der Waals surface area contributed by atoms with E-state index >= 15 is 0 Å². The summed E-state index contributed by atoms with van der Waals surface area (Å²) in [4.78, 5) is 0. The van der Waals surface area contributed by atoms with Gasteiger partial charge < -0.3 is 9.84 Å². The van der Waals surface area contributed by atoms with Crippen LogP contribution in [-0.2, 0) is 10.9 Å². The van der Waals surface area contributed by atoms with Gasteiger partial charge in [-0.25, -0.2) is 0 Å². The molecule has 0 radical (unpaired) electrons. The van der Waals surface area contributed by atoms with E-state index < -0.39 is 17.8 Å². The summed E-state index contributed by atoms with van der Waals surface area (Å²) in [6, 6.07) is 3.73. The van der Waals surface area contributed by atoms with Gasteiger partial charge in [-0.05, 0) is 36.1 Å². The molecule has 104 valence electrons. The monoisotopic (exact) mass is 336 g/mol. The number of ether oxygens (including phenoxy) is 1. The molecule has 1 aliphatic rings. The van der Waals surface area contributed by atoms with Gasteiger partial charge in [0.25, 0.3) is 0 Å². The van der Waals surface area contributed by atoms with Crippen LogP contribution in [0.3, 0.4) is 0 Å². The number of aliphatic hydroxyl groups is 1. The van der Waals surface area contributed by atoms with E-state index in [1.165, 1.54) is 18.4 Å². The van der Waals surface area contributed by atoms with Crippen molar-refractivity contribution in [2.75, 3.05) is 6.61 Å². The zero-order chi connectivity index (χ0) is 14.0. The molecule has 2 rings (SSSR count). The first kappa shape index (κ1) is 14.4. The van der Waals surface area contributed by atoms with Crippen LogP contribution in [0.25, 0.3) is 0 Å². The van der Waals surface area contributed by atoms with Crippen molar-refractivity contribution in [1.29, 1.82) is 0 Å². The van der Waals surface area contributed by atoms with Gasteiger partial charge in [0.05, 0.1) is 18.4 Å². The molecule has 0 spiro atoms. The van der Waals surface area contributed by atoms with Crippen LogP contribution in [0, 0.1) is 0 Å². The Morgan fingerprint density at radius 1 is 1.32 bits per heavy atom. The maximum absolute atomic E-state index is 12.8. The van der Waals surface area contributed by atoms with E-state index in [1.54, 1.807) is 0 Å². The van der Waals surface area contributed by atoms with Gasteiger partial charge in [-0.2, -0.15) is 13.2 Å². The minimum Gasteiger partial charge on any atom is -0.501 e. The summed E-state index contributed by atoms with van der Waals surface area (Å²) in [6.07, 6.45) is -2.70. The fourth-order valence-electron chi connectivity index (χ4n) is 1.93. The summed E-state index contributed by atoms with van der Waals surface area (Å²) in [7, 11) is 0. The first-order valence-electron chi connectivity index (χ1n) is 5.75.